The van der Waals surface area contributed by atoms with Gasteiger partial charge in [0.15, 0.2) is 0 Å². The highest BCUT2D eigenvalue weighted by atomic mass is 31.2. The van der Waals surface area contributed by atoms with E-state index >= 15 is 0 Å². The highest BCUT2D eigenvalue weighted by Gasteiger charge is 2.26. The SMILES string of the molecule is CCC/C=C\C/C=C\CCCCCCCC(=O)NC(COP(=O)(O)OCCN)C(O)/C=C/CCCCCCCCC. The lowest BCUT2D eigenvalue weighted by Gasteiger charge is -2.23. The number of nitrogens with two attached hydrogens (primary N) is 1. The van der Waals surface area contributed by atoms with Crippen molar-refractivity contribution in [3.8, 4) is 0 Å². The molecule has 0 aromatic rings. The van der Waals surface area contributed by atoms with Crippen LogP contribution >= 0.6 is 7.82 Å². The minimum Gasteiger partial charge on any atom is -0.387 e. The molecule has 0 aromatic carbocycles. The number of hydrogen-bond donors (Lipinski definition) is 4. The van der Waals surface area contributed by atoms with Crippen molar-refractivity contribution in [3.05, 3.63) is 36.5 Å². The second-order valence-corrected chi connectivity index (χ2v) is 12.1. The summed E-state index contributed by atoms with van der Waals surface area (Å²) in [5, 5.41) is 13.5. The van der Waals surface area contributed by atoms with Crippen molar-refractivity contribution >= 4 is 13.7 Å². The topological polar surface area (TPSA) is 131 Å². The van der Waals surface area contributed by atoms with E-state index in [2.05, 4.69) is 43.5 Å². The summed E-state index contributed by atoms with van der Waals surface area (Å²) in [7, 11) is -4.32. The Kier molecular flexibility index (Phi) is 27.9. The molecule has 5 N–H and O–H groups in total. The number of rotatable bonds is 29. The Hall–Kier alpha value is -1.28. The second-order valence-electron chi connectivity index (χ2n) is 10.7. The number of carbonyl (C=O) groups excluding carboxylic acids is 1. The first-order valence-corrected chi connectivity index (χ1v) is 17.6. The van der Waals surface area contributed by atoms with Crippen molar-refractivity contribution in [2.45, 2.75) is 142 Å². The van der Waals surface area contributed by atoms with E-state index in [4.69, 9.17) is 14.8 Å². The van der Waals surface area contributed by atoms with E-state index in [1.54, 1.807) is 6.08 Å². The summed E-state index contributed by atoms with van der Waals surface area (Å²) in [4.78, 5) is 22.4. The highest BCUT2D eigenvalue weighted by molar-refractivity contribution is 7.47. The van der Waals surface area contributed by atoms with Crippen LogP contribution in [0.1, 0.15) is 129 Å². The number of nitrogens with one attached hydrogen (secondary N) is 1. The molecule has 0 radical (unpaired) electrons. The fourth-order valence-electron chi connectivity index (χ4n) is 4.22. The highest BCUT2D eigenvalue weighted by Crippen LogP contribution is 2.43. The molecule has 0 rings (SSSR count). The van der Waals surface area contributed by atoms with Gasteiger partial charge in [0.05, 0.1) is 25.4 Å². The van der Waals surface area contributed by atoms with Gasteiger partial charge in [0.25, 0.3) is 0 Å². The van der Waals surface area contributed by atoms with Gasteiger partial charge >= 0.3 is 7.82 Å². The minimum absolute atomic E-state index is 0.0749. The number of phosphoric acid groups is 1. The van der Waals surface area contributed by atoms with Gasteiger partial charge in [-0.1, -0.05) is 115 Å². The third-order valence-corrected chi connectivity index (χ3v) is 7.68. The Bertz CT molecular complexity index is 744. The average molecular weight is 601 g/mol. The largest absolute Gasteiger partial charge is 0.472 e. The predicted molar refractivity (Wildman–Crippen MR) is 171 cm³/mol. The number of amides is 1. The van der Waals surface area contributed by atoms with Crippen LogP contribution in [-0.4, -0.2) is 47.8 Å². The van der Waals surface area contributed by atoms with E-state index in [0.29, 0.717) is 6.42 Å². The van der Waals surface area contributed by atoms with E-state index < -0.39 is 20.0 Å². The van der Waals surface area contributed by atoms with Crippen LogP contribution in [0.5, 0.6) is 0 Å². The first-order valence-electron chi connectivity index (χ1n) is 16.1. The van der Waals surface area contributed by atoms with Gasteiger partial charge < -0.3 is 21.1 Å². The molecule has 8 nitrogen and oxygen atoms in total. The summed E-state index contributed by atoms with van der Waals surface area (Å²) in [6.07, 6.45) is 30.5. The summed E-state index contributed by atoms with van der Waals surface area (Å²) in [5.74, 6) is -0.215. The maximum atomic E-state index is 12.6. The molecule has 0 saturated carbocycles. The molecule has 1 amide bonds. The molecule has 0 heterocycles. The van der Waals surface area contributed by atoms with Gasteiger partial charge in [-0.3, -0.25) is 13.8 Å². The average Bonchev–Trinajstić information content (AvgIpc) is 2.95. The second kappa shape index (κ2) is 28.8. The lowest BCUT2D eigenvalue weighted by molar-refractivity contribution is -0.123. The van der Waals surface area contributed by atoms with E-state index in [1.807, 2.05) is 6.08 Å². The molecule has 0 aliphatic heterocycles. The van der Waals surface area contributed by atoms with Crippen LogP contribution in [0.25, 0.3) is 0 Å². The van der Waals surface area contributed by atoms with Crippen LogP contribution in [0, 0.1) is 0 Å². The number of aliphatic hydroxyl groups is 1. The quantitative estimate of drug-likeness (QED) is 0.0394. The normalized spacial score (nSPS) is 15.1. The number of carbonyl (C=O) groups is 1. The summed E-state index contributed by atoms with van der Waals surface area (Å²) in [6.45, 7) is 3.99. The Morgan fingerprint density at radius 1 is 0.805 bits per heavy atom. The minimum atomic E-state index is -4.32. The van der Waals surface area contributed by atoms with Gasteiger partial charge in [-0.2, -0.15) is 0 Å². The molecule has 0 aromatic heterocycles. The molecule has 0 bridgehead atoms. The molecule has 0 aliphatic rings. The lowest BCUT2D eigenvalue weighted by Crippen LogP contribution is -2.45. The maximum Gasteiger partial charge on any atom is 0.472 e. The van der Waals surface area contributed by atoms with Crippen molar-refractivity contribution in [3.63, 3.8) is 0 Å². The number of unbranched alkanes of at least 4 members (excludes halogenated alkanes) is 13. The van der Waals surface area contributed by atoms with Crippen molar-refractivity contribution in [1.82, 2.24) is 5.32 Å². The van der Waals surface area contributed by atoms with Crippen LogP contribution in [0.15, 0.2) is 36.5 Å². The molecular formula is C32H61N2O6P. The lowest BCUT2D eigenvalue weighted by atomic mass is 10.1. The molecule has 0 aliphatic carbocycles. The zero-order chi connectivity index (χ0) is 30.4. The van der Waals surface area contributed by atoms with Crippen LogP contribution in [0.2, 0.25) is 0 Å². The fourth-order valence-corrected chi connectivity index (χ4v) is 4.98. The van der Waals surface area contributed by atoms with Gasteiger partial charge in [0, 0.05) is 13.0 Å². The zero-order valence-corrected chi connectivity index (χ0v) is 26.9. The molecule has 0 fully saturated rings. The van der Waals surface area contributed by atoms with Gasteiger partial charge in [-0.15, -0.1) is 0 Å². The third kappa shape index (κ3) is 27.3. The molecule has 41 heavy (non-hydrogen) atoms. The van der Waals surface area contributed by atoms with E-state index in [0.717, 1.165) is 70.6 Å². The summed E-state index contributed by atoms with van der Waals surface area (Å²) in [6, 6.07) is -0.863. The Morgan fingerprint density at radius 2 is 1.39 bits per heavy atom. The maximum absolute atomic E-state index is 12.6. The van der Waals surface area contributed by atoms with Crippen molar-refractivity contribution in [2.75, 3.05) is 19.8 Å². The Labute approximate surface area is 250 Å². The van der Waals surface area contributed by atoms with Gasteiger partial charge in [0.1, 0.15) is 0 Å². The van der Waals surface area contributed by atoms with Crippen LogP contribution in [-0.2, 0) is 18.4 Å². The summed E-state index contributed by atoms with van der Waals surface area (Å²) < 4.78 is 21.9. The predicted octanol–water partition coefficient (Wildman–Crippen LogP) is 7.65. The molecule has 0 saturated heterocycles. The van der Waals surface area contributed by atoms with Crippen LogP contribution < -0.4 is 11.1 Å². The molecular weight excluding hydrogens is 539 g/mol. The Balaban J connectivity index is 4.44. The van der Waals surface area contributed by atoms with Gasteiger partial charge in [0.2, 0.25) is 5.91 Å². The van der Waals surface area contributed by atoms with E-state index in [-0.39, 0.29) is 25.7 Å². The van der Waals surface area contributed by atoms with Gasteiger partial charge in [-0.25, -0.2) is 4.57 Å². The van der Waals surface area contributed by atoms with Gasteiger partial charge in [-0.05, 0) is 44.9 Å². The monoisotopic (exact) mass is 600 g/mol. The molecule has 240 valence electrons. The first kappa shape index (κ1) is 39.7. The first-order chi connectivity index (χ1) is 19.9. The third-order valence-electron chi connectivity index (χ3n) is 6.69. The van der Waals surface area contributed by atoms with Crippen molar-refractivity contribution < 1.29 is 28.4 Å². The summed E-state index contributed by atoms with van der Waals surface area (Å²) in [5.41, 5.74) is 5.32. The number of allylic oxidation sites excluding steroid dienone is 5. The van der Waals surface area contributed by atoms with Crippen molar-refractivity contribution in [1.29, 1.82) is 0 Å². The van der Waals surface area contributed by atoms with Crippen LogP contribution in [0.3, 0.4) is 0 Å². The molecule has 0 spiro atoms. The van der Waals surface area contributed by atoms with Crippen molar-refractivity contribution in [2.24, 2.45) is 5.73 Å². The van der Waals surface area contributed by atoms with E-state index in [1.165, 1.54) is 38.5 Å². The summed E-state index contributed by atoms with van der Waals surface area (Å²) >= 11 is 0. The van der Waals surface area contributed by atoms with Crippen LogP contribution in [0.4, 0.5) is 0 Å². The fraction of sp³-hybridized carbons (Fsp3) is 0.781. The van der Waals surface area contributed by atoms with E-state index in [9.17, 15) is 19.4 Å². The number of phosphoric ester groups is 1. The number of hydrogen-bond acceptors (Lipinski definition) is 6. The Morgan fingerprint density at radius 3 is 2.02 bits per heavy atom. The number of aliphatic hydroxyl groups excluding tert-OH is 1. The molecule has 3 atom stereocenters. The molecule has 3 unspecified atom stereocenters. The zero-order valence-electron chi connectivity index (χ0n) is 26.0. The smallest absolute Gasteiger partial charge is 0.387 e. The standard InChI is InChI=1S/C32H61N2O6P/c1-3-5-7-9-11-13-14-15-16-18-20-22-24-26-32(36)34-30(29-40-41(37,38)39-28-27-33)31(35)25-23-21-19-17-12-10-8-6-4-2/h7,9,13-14,23,25,30-31,35H,3-6,8,10-12,15-22,24,26-29,33H2,1-2H3,(H,34,36)(H,37,38)/b9-7-,14-13-,25-23+. The molecule has 9 heteroatoms.